The van der Waals surface area contributed by atoms with Crippen LogP contribution in [0.4, 0.5) is 0 Å². The van der Waals surface area contributed by atoms with Gasteiger partial charge in [-0.3, -0.25) is 20.4 Å². The molecule has 0 bridgehead atoms. The van der Waals surface area contributed by atoms with Gasteiger partial charge < -0.3 is 9.47 Å². The fourth-order valence-corrected chi connectivity index (χ4v) is 3.27. The molecule has 162 valence electrons. The Hall–Kier alpha value is -2.54. The molecule has 0 aromatic heterocycles. The number of carbonyl (C=O) groups is 2. The number of ether oxygens (including phenoxy) is 2. The van der Waals surface area contributed by atoms with Crippen LogP contribution in [0.3, 0.4) is 0 Å². The maximum Gasteiger partial charge on any atom is 0.276 e. The van der Waals surface area contributed by atoms with E-state index in [1.165, 1.54) is 5.56 Å². The number of amides is 2. The second-order valence-corrected chi connectivity index (χ2v) is 8.22. The van der Waals surface area contributed by atoms with Crippen LogP contribution in [0.5, 0.6) is 11.5 Å². The summed E-state index contributed by atoms with van der Waals surface area (Å²) in [4.78, 5) is 23.9. The molecule has 0 spiro atoms. The van der Waals surface area contributed by atoms with E-state index in [1.54, 1.807) is 0 Å². The number of hydrogen-bond donors (Lipinski definition) is 2. The molecule has 0 radical (unpaired) electrons. The van der Waals surface area contributed by atoms with Gasteiger partial charge >= 0.3 is 0 Å². The molecule has 0 aliphatic rings. The monoisotopic (exact) mass is 476 g/mol. The van der Waals surface area contributed by atoms with Crippen molar-refractivity contribution in [2.45, 2.75) is 46.0 Å². The first-order valence-electron chi connectivity index (χ1n) is 10.0. The minimum Gasteiger partial charge on any atom is -0.483 e. The van der Waals surface area contributed by atoms with Gasteiger partial charge in [0.05, 0.1) is 4.47 Å². The van der Waals surface area contributed by atoms with Crippen LogP contribution in [0.15, 0.2) is 46.9 Å². The van der Waals surface area contributed by atoms with Crippen LogP contribution in [-0.2, 0) is 9.59 Å². The number of hydrogen-bond acceptors (Lipinski definition) is 4. The van der Waals surface area contributed by atoms with Crippen molar-refractivity contribution in [3.05, 3.63) is 58.1 Å². The fourth-order valence-electron chi connectivity index (χ4n) is 2.76. The molecule has 1 atom stereocenters. The zero-order valence-corrected chi connectivity index (χ0v) is 19.4. The van der Waals surface area contributed by atoms with E-state index >= 15 is 0 Å². The molecule has 0 aliphatic heterocycles. The summed E-state index contributed by atoms with van der Waals surface area (Å²) < 4.78 is 11.9. The highest BCUT2D eigenvalue weighted by Crippen LogP contribution is 2.30. The Balaban J connectivity index is 1.76. The largest absolute Gasteiger partial charge is 0.483 e. The van der Waals surface area contributed by atoms with Gasteiger partial charge in [0, 0.05) is 0 Å². The van der Waals surface area contributed by atoms with Crippen molar-refractivity contribution in [3.63, 3.8) is 0 Å². The van der Waals surface area contributed by atoms with Crippen LogP contribution in [0.25, 0.3) is 0 Å². The predicted octanol–water partition coefficient (Wildman–Crippen LogP) is 4.69. The summed E-state index contributed by atoms with van der Waals surface area (Å²) in [7, 11) is 0. The summed E-state index contributed by atoms with van der Waals surface area (Å²) in [5, 5.41) is 0. The summed E-state index contributed by atoms with van der Waals surface area (Å²) in [5.41, 5.74) is 6.88. The van der Waals surface area contributed by atoms with Gasteiger partial charge in [0.1, 0.15) is 11.5 Å². The molecule has 0 heterocycles. The van der Waals surface area contributed by atoms with Crippen molar-refractivity contribution in [3.8, 4) is 11.5 Å². The van der Waals surface area contributed by atoms with Crippen LogP contribution in [0, 0.1) is 0 Å². The Bertz CT molecular complexity index is 870. The normalized spacial score (nSPS) is 11.7. The molecule has 30 heavy (non-hydrogen) atoms. The summed E-state index contributed by atoms with van der Waals surface area (Å²) in [6.45, 7) is 7.98. The molecule has 0 aliphatic carbocycles. The van der Waals surface area contributed by atoms with Crippen molar-refractivity contribution in [1.82, 2.24) is 10.9 Å². The molecule has 2 aromatic rings. The van der Waals surface area contributed by atoms with E-state index in [1.807, 2.05) is 42.5 Å². The SMILES string of the molecule is CCC(C)c1ccc(OCC(=O)NNC(=O)COc2ccccc2C(C)C)c(Br)c1. The Labute approximate surface area is 186 Å². The molecule has 2 amide bonds. The topological polar surface area (TPSA) is 76.7 Å². The Kier molecular flexibility index (Phi) is 9.17. The Morgan fingerprint density at radius 2 is 1.53 bits per heavy atom. The number of halogens is 1. The number of carbonyl (C=O) groups excluding carboxylic acids is 2. The first-order chi connectivity index (χ1) is 14.3. The molecular weight excluding hydrogens is 448 g/mol. The first kappa shape index (κ1) is 23.7. The van der Waals surface area contributed by atoms with Gasteiger partial charge in [-0.2, -0.15) is 0 Å². The van der Waals surface area contributed by atoms with Crippen molar-refractivity contribution in [2.24, 2.45) is 0 Å². The number of hydrazine groups is 1. The number of para-hydroxylation sites is 1. The summed E-state index contributed by atoms with van der Waals surface area (Å²) in [5.74, 6) is 1.02. The van der Waals surface area contributed by atoms with Gasteiger partial charge in [-0.05, 0) is 63.5 Å². The molecule has 1 unspecified atom stereocenters. The summed E-state index contributed by atoms with van der Waals surface area (Å²) >= 11 is 3.47. The molecule has 2 rings (SSSR count). The second kappa shape index (κ2) is 11.6. The third-order valence-electron chi connectivity index (χ3n) is 4.74. The second-order valence-electron chi connectivity index (χ2n) is 7.37. The molecule has 0 saturated carbocycles. The lowest BCUT2D eigenvalue weighted by atomic mass is 9.99. The van der Waals surface area contributed by atoms with Crippen molar-refractivity contribution < 1.29 is 19.1 Å². The van der Waals surface area contributed by atoms with Crippen LogP contribution >= 0.6 is 15.9 Å². The van der Waals surface area contributed by atoms with E-state index in [0.717, 1.165) is 16.5 Å². The molecule has 0 saturated heterocycles. The van der Waals surface area contributed by atoms with Gasteiger partial charge in [-0.15, -0.1) is 0 Å². The zero-order valence-electron chi connectivity index (χ0n) is 17.8. The molecule has 7 heteroatoms. The minimum absolute atomic E-state index is 0.201. The quantitative estimate of drug-likeness (QED) is 0.514. The van der Waals surface area contributed by atoms with Crippen LogP contribution in [0.1, 0.15) is 57.1 Å². The predicted molar refractivity (Wildman–Crippen MR) is 121 cm³/mol. The van der Waals surface area contributed by atoms with Crippen LogP contribution < -0.4 is 20.3 Å². The average Bonchev–Trinajstić information content (AvgIpc) is 2.74. The third kappa shape index (κ3) is 7.06. The standard InChI is InChI=1S/C23H29BrN2O4/c1-5-16(4)17-10-11-21(19(24)12-17)30-14-23(28)26-25-22(27)13-29-20-9-7-6-8-18(20)15(2)3/h6-12,15-16H,5,13-14H2,1-4H3,(H,25,27)(H,26,28). The van der Waals surface area contributed by atoms with E-state index < -0.39 is 11.8 Å². The molecule has 0 fully saturated rings. The third-order valence-corrected chi connectivity index (χ3v) is 5.36. The lowest BCUT2D eigenvalue weighted by Crippen LogP contribution is -2.45. The summed E-state index contributed by atoms with van der Waals surface area (Å²) in [6.07, 6.45) is 1.04. The van der Waals surface area contributed by atoms with Crippen molar-refractivity contribution >= 4 is 27.7 Å². The first-order valence-corrected chi connectivity index (χ1v) is 10.8. The number of nitrogens with one attached hydrogen (secondary N) is 2. The minimum atomic E-state index is -0.469. The molecule has 2 N–H and O–H groups in total. The highest BCUT2D eigenvalue weighted by atomic mass is 79.9. The van der Waals surface area contributed by atoms with Gasteiger partial charge in [0.15, 0.2) is 13.2 Å². The van der Waals surface area contributed by atoms with E-state index in [4.69, 9.17) is 9.47 Å². The van der Waals surface area contributed by atoms with E-state index in [2.05, 4.69) is 54.5 Å². The molecular formula is C23H29BrN2O4. The maximum atomic E-state index is 12.0. The van der Waals surface area contributed by atoms with Crippen LogP contribution in [0.2, 0.25) is 0 Å². The Morgan fingerprint density at radius 3 is 2.10 bits per heavy atom. The highest BCUT2D eigenvalue weighted by molar-refractivity contribution is 9.10. The van der Waals surface area contributed by atoms with E-state index in [9.17, 15) is 9.59 Å². The van der Waals surface area contributed by atoms with Crippen LogP contribution in [-0.4, -0.2) is 25.0 Å². The zero-order chi connectivity index (χ0) is 22.1. The van der Waals surface area contributed by atoms with Gasteiger partial charge in [0.2, 0.25) is 0 Å². The fraction of sp³-hybridized carbons (Fsp3) is 0.391. The van der Waals surface area contributed by atoms with E-state index in [-0.39, 0.29) is 19.1 Å². The lowest BCUT2D eigenvalue weighted by molar-refractivity contribution is -0.131. The molecule has 2 aromatic carbocycles. The highest BCUT2D eigenvalue weighted by Gasteiger charge is 2.12. The van der Waals surface area contributed by atoms with Gasteiger partial charge in [-0.1, -0.05) is 52.0 Å². The van der Waals surface area contributed by atoms with Crippen molar-refractivity contribution in [2.75, 3.05) is 13.2 Å². The van der Waals surface area contributed by atoms with Gasteiger partial charge in [0.25, 0.3) is 11.8 Å². The average molecular weight is 477 g/mol. The van der Waals surface area contributed by atoms with Crippen molar-refractivity contribution in [1.29, 1.82) is 0 Å². The number of benzene rings is 2. The lowest BCUT2D eigenvalue weighted by Gasteiger charge is -2.14. The summed E-state index contributed by atoms with van der Waals surface area (Å²) in [6, 6.07) is 13.4. The maximum absolute atomic E-state index is 12.0. The molecule has 6 nitrogen and oxygen atoms in total. The Morgan fingerprint density at radius 1 is 0.933 bits per heavy atom. The smallest absolute Gasteiger partial charge is 0.276 e. The van der Waals surface area contributed by atoms with Gasteiger partial charge in [-0.25, -0.2) is 0 Å². The van der Waals surface area contributed by atoms with E-state index in [0.29, 0.717) is 17.4 Å². The number of rotatable bonds is 9.